The summed E-state index contributed by atoms with van der Waals surface area (Å²) in [6, 6.07) is 9.14. The van der Waals surface area contributed by atoms with Gasteiger partial charge in [-0.25, -0.2) is 0 Å². The quantitative estimate of drug-likeness (QED) is 0.859. The zero-order valence-electron chi connectivity index (χ0n) is 9.65. The van der Waals surface area contributed by atoms with Crippen LogP contribution in [0.15, 0.2) is 30.3 Å². The van der Waals surface area contributed by atoms with E-state index in [9.17, 15) is 13.2 Å². The van der Waals surface area contributed by atoms with Gasteiger partial charge in [0.15, 0.2) is 0 Å². The van der Waals surface area contributed by atoms with Crippen LogP contribution < -0.4 is 10.1 Å². The number of halogens is 3. The van der Waals surface area contributed by atoms with Crippen LogP contribution in [0.3, 0.4) is 0 Å². The Bertz CT molecular complexity index is 515. The van der Waals surface area contributed by atoms with Crippen molar-refractivity contribution in [2.24, 2.45) is 0 Å². The summed E-state index contributed by atoms with van der Waals surface area (Å²) in [5.41, 5.74) is 0. The minimum atomic E-state index is -4.50. The number of rotatable bonds is 5. The first-order chi connectivity index (χ1) is 9.05. The molecule has 0 saturated heterocycles. The number of para-hydroxylation sites is 1. The standard InChI is InChI=1S/C11H10F3N3OS/c12-11(13,14)9-16-10(19-17-9)15-6-7-18-8-4-2-1-3-5-8/h1-5H,6-7H2,(H,15,16,17). The van der Waals surface area contributed by atoms with E-state index in [4.69, 9.17) is 4.74 Å². The van der Waals surface area contributed by atoms with Gasteiger partial charge >= 0.3 is 6.18 Å². The minimum Gasteiger partial charge on any atom is -0.492 e. The van der Waals surface area contributed by atoms with Crippen LogP contribution in [-0.4, -0.2) is 22.5 Å². The topological polar surface area (TPSA) is 47.0 Å². The summed E-state index contributed by atoms with van der Waals surface area (Å²) >= 11 is 0.675. The number of nitrogens with zero attached hydrogens (tertiary/aromatic N) is 2. The molecule has 1 heterocycles. The molecule has 102 valence electrons. The summed E-state index contributed by atoms with van der Waals surface area (Å²) in [5.74, 6) is -0.415. The lowest BCUT2D eigenvalue weighted by atomic mass is 10.3. The second-order valence-electron chi connectivity index (χ2n) is 3.51. The Labute approximate surface area is 111 Å². The normalized spacial score (nSPS) is 11.3. The predicted octanol–water partition coefficient (Wildman–Crippen LogP) is 3.05. The van der Waals surface area contributed by atoms with Crippen molar-refractivity contribution >= 4 is 16.7 Å². The Morgan fingerprint density at radius 2 is 1.95 bits per heavy atom. The molecule has 0 atom stereocenters. The van der Waals surface area contributed by atoms with E-state index >= 15 is 0 Å². The number of aromatic nitrogens is 2. The maximum Gasteiger partial charge on any atom is 0.452 e. The number of ether oxygens (including phenoxy) is 1. The molecular formula is C11H10F3N3OS. The molecule has 8 heteroatoms. The highest BCUT2D eigenvalue weighted by Crippen LogP contribution is 2.28. The Morgan fingerprint density at radius 3 is 2.58 bits per heavy atom. The SMILES string of the molecule is FC(F)(F)c1nsc(NCCOc2ccccc2)n1. The largest absolute Gasteiger partial charge is 0.492 e. The highest BCUT2D eigenvalue weighted by molar-refractivity contribution is 7.09. The van der Waals surface area contributed by atoms with Crippen molar-refractivity contribution < 1.29 is 17.9 Å². The summed E-state index contributed by atoms with van der Waals surface area (Å²) in [7, 11) is 0. The average molecular weight is 289 g/mol. The first-order valence-electron chi connectivity index (χ1n) is 5.38. The number of benzene rings is 1. The summed E-state index contributed by atoms with van der Waals surface area (Å²) in [5, 5.41) is 2.86. The first kappa shape index (κ1) is 13.6. The van der Waals surface area contributed by atoms with Gasteiger partial charge in [0.2, 0.25) is 11.0 Å². The molecule has 0 unspecified atom stereocenters. The molecule has 0 saturated carbocycles. The van der Waals surface area contributed by atoms with Gasteiger partial charge < -0.3 is 10.1 Å². The second-order valence-corrected chi connectivity index (χ2v) is 4.26. The maximum atomic E-state index is 12.2. The van der Waals surface area contributed by atoms with E-state index in [-0.39, 0.29) is 5.13 Å². The van der Waals surface area contributed by atoms with Crippen LogP contribution in [-0.2, 0) is 6.18 Å². The van der Waals surface area contributed by atoms with E-state index in [0.29, 0.717) is 30.4 Å². The molecule has 1 aromatic carbocycles. The zero-order valence-corrected chi connectivity index (χ0v) is 10.5. The van der Waals surface area contributed by atoms with Gasteiger partial charge in [-0.05, 0) is 12.1 Å². The molecule has 0 aliphatic rings. The first-order valence-corrected chi connectivity index (χ1v) is 6.15. The van der Waals surface area contributed by atoms with Gasteiger partial charge in [-0.1, -0.05) is 18.2 Å². The average Bonchev–Trinajstić information content (AvgIpc) is 2.85. The third-order valence-electron chi connectivity index (χ3n) is 2.07. The van der Waals surface area contributed by atoms with Gasteiger partial charge in [-0.2, -0.15) is 22.5 Å². The number of alkyl halides is 3. The van der Waals surface area contributed by atoms with Crippen molar-refractivity contribution in [3.05, 3.63) is 36.2 Å². The Morgan fingerprint density at radius 1 is 1.21 bits per heavy atom. The van der Waals surface area contributed by atoms with Crippen LogP contribution in [0.25, 0.3) is 0 Å². The molecule has 0 radical (unpaired) electrons. The van der Waals surface area contributed by atoms with Crippen LogP contribution >= 0.6 is 11.5 Å². The van der Waals surface area contributed by atoms with E-state index in [1.165, 1.54) is 0 Å². The molecule has 0 amide bonds. The van der Waals surface area contributed by atoms with Crippen molar-refractivity contribution in [2.45, 2.75) is 6.18 Å². The summed E-state index contributed by atoms with van der Waals surface area (Å²) in [6.45, 7) is 0.673. The number of nitrogens with one attached hydrogen (secondary N) is 1. The van der Waals surface area contributed by atoms with Crippen LogP contribution in [0.4, 0.5) is 18.3 Å². The van der Waals surface area contributed by atoms with E-state index in [1.807, 2.05) is 18.2 Å². The molecule has 19 heavy (non-hydrogen) atoms. The van der Waals surface area contributed by atoms with E-state index in [2.05, 4.69) is 14.7 Å². The molecule has 2 aromatic rings. The highest BCUT2D eigenvalue weighted by Gasteiger charge is 2.36. The van der Waals surface area contributed by atoms with Crippen LogP contribution in [0, 0.1) is 0 Å². The second kappa shape index (κ2) is 5.87. The predicted molar refractivity (Wildman–Crippen MR) is 65.3 cm³/mol. The van der Waals surface area contributed by atoms with Gasteiger partial charge in [0.05, 0.1) is 6.54 Å². The number of anilines is 1. The summed E-state index contributed by atoms with van der Waals surface area (Å²) < 4.78 is 45.3. The van der Waals surface area contributed by atoms with Gasteiger partial charge in [0, 0.05) is 11.5 Å². The lowest BCUT2D eigenvalue weighted by molar-refractivity contribution is -0.144. The molecule has 1 N–H and O–H groups in total. The van der Waals surface area contributed by atoms with Crippen LogP contribution in [0.5, 0.6) is 5.75 Å². The fourth-order valence-corrected chi connectivity index (χ4v) is 1.87. The molecule has 0 spiro atoms. The van der Waals surface area contributed by atoms with Crippen molar-refractivity contribution in [3.63, 3.8) is 0 Å². The number of hydrogen-bond donors (Lipinski definition) is 1. The molecule has 0 aliphatic carbocycles. The summed E-state index contributed by atoms with van der Waals surface area (Å²) in [6.07, 6.45) is -4.50. The zero-order chi connectivity index (χ0) is 13.7. The maximum absolute atomic E-state index is 12.2. The van der Waals surface area contributed by atoms with Crippen molar-refractivity contribution in [1.29, 1.82) is 0 Å². The van der Waals surface area contributed by atoms with Crippen molar-refractivity contribution in [1.82, 2.24) is 9.36 Å². The van der Waals surface area contributed by atoms with Gasteiger partial charge in [0.1, 0.15) is 12.4 Å². The van der Waals surface area contributed by atoms with Gasteiger partial charge in [-0.15, -0.1) is 0 Å². The summed E-state index contributed by atoms with van der Waals surface area (Å²) in [4.78, 5) is 3.34. The molecule has 2 rings (SSSR count). The fourth-order valence-electron chi connectivity index (χ4n) is 1.25. The van der Waals surface area contributed by atoms with Gasteiger partial charge in [0.25, 0.3) is 0 Å². The van der Waals surface area contributed by atoms with Crippen molar-refractivity contribution in [2.75, 3.05) is 18.5 Å². The smallest absolute Gasteiger partial charge is 0.452 e. The number of hydrogen-bond acceptors (Lipinski definition) is 5. The lowest BCUT2D eigenvalue weighted by Crippen LogP contribution is -2.12. The Hall–Kier alpha value is -1.83. The fraction of sp³-hybridized carbons (Fsp3) is 0.273. The Kier molecular flexibility index (Phi) is 4.20. The molecule has 0 aliphatic heterocycles. The lowest BCUT2D eigenvalue weighted by Gasteiger charge is -2.05. The monoisotopic (exact) mass is 289 g/mol. The van der Waals surface area contributed by atoms with E-state index in [1.54, 1.807) is 12.1 Å². The van der Waals surface area contributed by atoms with Crippen LogP contribution in [0.1, 0.15) is 5.82 Å². The third kappa shape index (κ3) is 4.09. The third-order valence-corrected chi connectivity index (χ3v) is 2.74. The molecule has 0 fully saturated rings. The van der Waals surface area contributed by atoms with Crippen molar-refractivity contribution in [3.8, 4) is 5.75 Å². The van der Waals surface area contributed by atoms with E-state index < -0.39 is 12.0 Å². The van der Waals surface area contributed by atoms with E-state index in [0.717, 1.165) is 0 Å². The molecule has 4 nitrogen and oxygen atoms in total. The molecule has 1 aromatic heterocycles. The van der Waals surface area contributed by atoms with Crippen LogP contribution in [0.2, 0.25) is 0 Å². The molecular weight excluding hydrogens is 279 g/mol. The Balaban J connectivity index is 1.76. The minimum absolute atomic E-state index is 0.129. The highest BCUT2D eigenvalue weighted by atomic mass is 32.1. The van der Waals surface area contributed by atoms with Gasteiger partial charge in [-0.3, -0.25) is 0 Å². The molecule has 0 bridgehead atoms.